The van der Waals surface area contributed by atoms with E-state index in [9.17, 15) is 36.3 Å². The van der Waals surface area contributed by atoms with Crippen LogP contribution >= 0.6 is 0 Å². The molecule has 2 aromatic heterocycles. The van der Waals surface area contributed by atoms with E-state index in [1.54, 1.807) is 22.9 Å². The normalized spacial score (nSPS) is 20.6. The molecule has 0 unspecified atom stereocenters. The van der Waals surface area contributed by atoms with Gasteiger partial charge in [-0.3, -0.25) is 14.3 Å². The number of piperidine rings is 1. The van der Waals surface area contributed by atoms with E-state index < -0.39 is 54.8 Å². The van der Waals surface area contributed by atoms with Crippen LogP contribution in [0.4, 0.5) is 26.7 Å². The maximum atomic E-state index is 14.5. The number of carbonyl (C=O) groups is 2. The summed E-state index contributed by atoms with van der Waals surface area (Å²) in [7, 11) is 0. The predicted molar refractivity (Wildman–Crippen MR) is 137 cm³/mol. The highest BCUT2D eigenvalue weighted by atomic mass is 19.4. The third kappa shape index (κ3) is 6.34. The summed E-state index contributed by atoms with van der Waals surface area (Å²) in [4.78, 5) is 47.5. The van der Waals surface area contributed by atoms with E-state index in [0.717, 1.165) is 6.07 Å². The topological polar surface area (TPSA) is 135 Å². The number of nitrogens with one attached hydrogen (secondary N) is 2. The molecule has 5 rings (SSSR count). The zero-order valence-corrected chi connectivity index (χ0v) is 21.8. The quantitative estimate of drug-likeness (QED) is 0.456. The Hall–Kier alpha value is -4.01. The molecule has 2 aliphatic heterocycles. The summed E-state index contributed by atoms with van der Waals surface area (Å²) in [5.74, 6) is -4.11. The number of urea groups is 1. The van der Waals surface area contributed by atoms with Crippen LogP contribution in [0.5, 0.6) is 0 Å². The molecule has 2 saturated heterocycles. The Labute approximate surface area is 230 Å². The van der Waals surface area contributed by atoms with Gasteiger partial charge in [-0.1, -0.05) is 12.1 Å². The molecule has 0 saturated carbocycles. The molecule has 4 heterocycles. The summed E-state index contributed by atoms with van der Waals surface area (Å²) >= 11 is 0. The first-order chi connectivity index (χ1) is 19.0. The lowest BCUT2D eigenvalue weighted by atomic mass is 9.93. The van der Waals surface area contributed by atoms with Gasteiger partial charge in [-0.2, -0.15) is 13.2 Å². The number of aromatic amines is 1. The van der Waals surface area contributed by atoms with Crippen molar-refractivity contribution >= 4 is 23.1 Å². The number of halogens is 5. The largest absolute Gasteiger partial charge is 0.412 e. The van der Waals surface area contributed by atoms with E-state index in [4.69, 9.17) is 0 Å². The van der Waals surface area contributed by atoms with Gasteiger partial charge in [-0.15, -0.1) is 0 Å². The molecule has 1 aromatic carbocycles. The number of nitrogens with zero attached hydrogens (tertiary/aromatic N) is 4. The summed E-state index contributed by atoms with van der Waals surface area (Å²) in [6.07, 6.45) is -2.27. The molecule has 2 fully saturated rings. The van der Waals surface area contributed by atoms with Gasteiger partial charge in [0.1, 0.15) is 12.6 Å². The van der Waals surface area contributed by atoms with Crippen LogP contribution < -0.4 is 11.0 Å². The van der Waals surface area contributed by atoms with Crippen molar-refractivity contribution in [2.45, 2.75) is 49.9 Å². The first-order valence-corrected chi connectivity index (χ1v) is 12.9. The maximum Gasteiger partial charge on any atom is 0.406 e. The minimum atomic E-state index is -4.72. The lowest BCUT2D eigenvalue weighted by Crippen LogP contribution is -2.54. The Balaban J connectivity index is 0.00000387. The van der Waals surface area contributed by atoms with Crippen LogP contribution in [0.15, 0.2) is 41.3 Å². The number of aromatic nitrogens is 3. The minimum Gasteiger partial charge on any atom is -0.412 e. The lowest BCUT2D eigenvalue weighted by molar-refractivity contribution is -0.162. The number of benzene rings is 1. The van der Waals surface area contributed by atoms with Crippen LogP contribution in [0.25, 0.3) is 11.2 Å². The van der Waals surface area contributed by atoms with Gasteiger partial charge in [-0.25, -0.2) is 23.4 Å². The van der Waals surface area contributed by atoms with Crippen molar-refractivity contribution in [1.29, 1.82) is 0 Å². The van der Waals surface area contributed by atoms with Crippen molar-refractivity contribution < 1.29 is 37.0 Å². The van der Waals surface area contributed by atoms with Crippen LogP contribution in [0.2, 0.25) is 0 Å². The minimum absolute atomic E-state index is 0. The van der Waals surface area contributed by atoms with Gasteiger partial charge < -0.3 is 20.6 Å². The molecular weight excluding hydrogens is 555 g/mol. The van der Waals surface area contributed by atoms with E-state index in [2.05, 4.69) is 15.3 Å². The van der Waals surface area contributed by atoms with Crippen LogP contribution in [0.3, 0.4) is 0 Å². The summed E-state index contributed by atoms with van der Waals surface area (Å²) in [5, 5.41) is 2.56. The average Bonchev–Trinajstić information content (AvgIpc) is 3.18. The number of H-pyrrole nitrogens is 1. The zero-order chi connectivity index (χ0) is 28.6. The van der Waals surface area contributed by atoms with Crippen LogP contribution in [-0.2, 0) is 4.79 Å². The van der Waals surface area contributed by atoms with E-state index in [1.807, 2.05) is 0 Å². The van der Waals surface area contributed by atoms with Gasteiger partial charge >= 0.3 is 17.9 Å². The highest BCUT2D eigenvalue weighted by Gasteiger charge is 2.40. The van der Waals surface area contributed by atoms with Gasteiger partial charge in [0, 0.05) is 37.8 Å². The highest BCUT2D eigenvalue weighted by molar-refractivity contribution is 5.87. The molecule has 15 heteroatoms. The standard InChI is InChI=1S/C26H27F5N6O3.H2O/c27-18-4-1-3-17(21(18)28)15-6-7-19(23(38)36(13-15)14-26(29,30)31)33-24(39)35-11-8-16(9-12-35)37-20-5-2-10-32-22(20)34-25(37)40;/h1-5,10,15-16,19H,6-9,11-14H2,(H,33,39)(H,32,34,40);1H2/t15-,19-;/m1./s1. The molecule has 10 nitrogen and oxygen atoms in total. The fourth-order valence-electron chi connectivity index (χ4n) is 5.63. The Morgan fingerprint density at radius 1 is 1.05 bits per heavy atom. The molecule has 0 radical (unpaired) electrons. The zero-order valence-electron chi connectivity index (χ0n) is 21.8. The molecule has 222 valence electrons. The molecule has 41 heavy (non-hydrogen) atoms. The van der Waals surface area contributed by atoms with Gasteiger partial charge in [0.15, 0.2) is 17.3 Å². The van der Waals surface area contributed by atoms with E-state index in [1.165, 1.54) is 17.0 Å². The average molecular weight is 585 g/mol. The number of fused-ring (bicyclic) bond motifs is 1. The first-order valence-electron chi connectivity index (χ1n) is 12.9. The van der Waals surface area contributed by atoms with Crippen LogP contribution in [0.1, 0.15) is 43.2 Å². The third-order valence-corrected chi connectivity index (χ3v) is 7.55. The molecule has 0 aliphatic carbocycles. The van der Waals surface area contributed by atoms with Crippen LogP contribution in [-0.4, -0.2) is 80.1 Å². The second-order valence-electron chi connectivity index (χ2n) is 10.1. The Kier molecular flexibility index (Phi) is 8.66. The molecule has 0 spiro atoms. The van der Waals surface area contributed by atoms with Crippen LogP contribution in [0, 0.1) is 11.6 Å². The number of hydrogen-bond acceptors (Lipinski definition) is 4. The second-order valence-corrected chi connectivity index (χ2v) is 10.1. The third-order valence-electron chi connectivity index (χ3n) is 7.55. The molecule has 4 N–H and O–H groups in total. The molecule has 0 bridgehead atoms. The first kappa shape index (κ1) is 30.0. The molecule has 3 amide bonds. The molecule has 3 aromatic rings. The number of hydrogen-bond donors (Lipinski definition) is 2. The van der Waals surface area contributed by atoms with Crippen molar-refractivity contribution in [3.63, 3.8) is 0 Å². The van der Waals surface area contributed by atoms with Gasteiger partial charge in [0.2, 0.25) is 5.91 Å². The molecule has 2 atom stereocenters. The second kappa shape index (κ2) is 11.8. The monoisotopic (exact) mass is 584 g/mol. The van der Waals surface area contributed by atoms with E-state index in [-0.39, 0.29) is 48.7 Å². The lowest BCUT2D eigenvalue weighted by Gasteiger charge is -2.34. The number of amides is 3. The predicted octanol–water partition coefficient (Wildman–Crippen LogP) is 2.86. The smallest absolute Gasteiger partial charge is 0.406 e. The summed E-state index contributed by atoms with van der Waals surface area (Å²) < 4.78 is 69.9. The summed E-state index contributed by atoms with van der Waals surface area (Å²) in [6.45, 7) is -1.55. The van der Waals surface area contributed by atoms with Crippen molar-refractivity contribution in [3.8, 4) is 0 Å². The van der Waals surface area contributed by atoms with Crippen molar-refractivity contribution in [2.75, 3.05) is 26.2 Å². The van der Waals surface area contributed by atoms with Gasteiger partial charge in [0.25, 0.3) is 0 Å². The number of rotatable bonds is 4. The Bertz CT molecular complexity index is 1470. The number of carbonyl (C=O) groups excluding carboxylic acids is 2. The number of alkyl halides is 3. The summed E-state index contributed by atoms with van der Waals surface area (Å²) in [5.41, 5.74) is 0.680. The summed E-state index contributed by atoms with van der Waals surface area (Å²) in [6, 6.07) is 4.87. The van der Waals surface area contributed by atoms with Crippen molar-refractivity contribution in [3.05, 3.63) is 64.2 Å². The van der Waals surface area contributed by atoms with Gasteiger partial charge in [-0.05, 0) is 49.4 Å². The number of pyridine rings is 1. The maximum absolute atomic E-state index is 14.5. The molecule has 2 aliphatic rings. The SMILES string of the molecule is O.O=C(N[C@@H]1CC[C@@H](c2cccc(F)c2F)CN(CC(F)(F)F)C1=O)N1CCC(n2c(=O)[nH]c3ncccc32)CC1. The van der Waals surface area contributed by atoms with E-state index in [0.29, 0.717) is 28.9 Å². The fourth-order valence-corrected chi connectivity index (χ4v) is 5.63. The highest BCUT2D eigenvalue weighted by Crippen LogP contribution is 2.32. The van der Waals surface area contributed by atoms with Crippen molar-refractivity contribution in [1.82, 2.24) is 29.7 Å². The Morgan fingerprint density at radius 2 is 1.78 bits per heavy atom. The number of likely N-dealkylation sites (tertiary alicyclic amines) is 2. The van der Waals surface area contributed by atoms with Crippen molar-refractivity contribution in [2.24, 2.45) is 0 Å². The Morgan fingerprint density at radius 3 is 2.49 bits per heavy atom. The fraction of sp³-hybridized carbons (Fsp3) is 0.462. The molecular formula is C26H29F5N6O4. The number of imidazole rings is 1. The van der Waals surface area contributed by atoms with Gasteiger partial charge in [0.05, 0.1) is 5.52 Å². The van der Waals surface area contributed by atoms with E-state index >= 15 is 0 Å².